The lowest BCUT2D eigenvalue weighted by Gasteiger charge is -2.36. The first-order valence-corrected chi connectivity index (χ1v) is 9.61. The number of amides is 1. The van der Waals surface area contributed by atoms with Crippen molar-refractivity contribution >= 4 is 29.6 Å². The fourth-order valence-electron chi connectivity index (χ4n) is 2.22. The minimum Gasteiger partial charge on any atom is -0.444 e. The van der Waals surface area contributed by atoms with E-state index in [2.05, 4.69) is 0 Å². The molecule has 0 aromatic carbocycles. The van der Waals surface area contributed by atoms with E-state index in [-0.39, 0.29) is 6.61 Å². The Morgan fingerprint density at radius 2 is 1.95 bits per heavy atom. The molecule has 5 nitrogen and oxygen atoms in total. The van der Waals surface area contributed by atoms with Gasteiger partial charge in [-0.25, -0.2) is 4.79 Å². The van der Waals surface area contributed by atoms with Crippen LogP contribution in [0.25, 0.3) is 0 Å². The molecule has 1 heterocycles. The molecule has 1 saturated heterocycles. The van der Waals surface area contributed by atoms with E-state index >= 15 is 0 Å². The maximum Gasteiger partial charge on any atom is 0.413 e. The Kier molecular flexibility index (Phi) is 6.68. The number of aliphatic hydroxyl groups excluding tert-OH is 1. The Hall–Kier alpha value is -0.370. The summed E-state index contributed by atoms with van der Waals surface area (Å²) in [4.78, 5) is 14.0. The maximum atomic E-state index is 12.5. The molecule has 0 aromatic heterocycles. The first-order chi connectivity index (χ1) is 10.0. The second kappa shape index (κ2) is 7.47. The van der Waals surface area contributed by atoms with E-state index in [1.807, 2.05) is 33.3 Å². The molecular weight excluding hydrogens is 322 g/mol. The van der Waals surface area contributed by atoms with Crippen molar-refractivity contribution in [2.75, 3.05) is 19.1 Å². The quantitative estimate of drug-likeness (QED) is 0.840. The number of hydrogen-bond acceptors (Lipinski definition) is 6. The smallest absolute Gasteiger partial charge is 0.413 e. The third-order valence-electron chi connectivity index (χ3n) is 3.21. The molecule has 0 aliphatic carbocycles. The normalized spacial score (nSPS) is 22.4. The predicted molar refractivity (Wildman–Crippen MR) is 93.0 cm³/mol. The molecule has 0 saturated carbocycles. The average molecular weight is 350 g/mol. The Bertz CT molecular complexity index is 426. The van der Waals surface area contributed by atoms with E-state index in [9.17, 15) is 9.90 Å². The van der Waals surface area contributed by atoms with Gasteiger partial charge in [-0.3, -0.25) is 4.90 Å². The average Bonchev–Trinajstić information content (AvgIpc) is 2.69. The number of rotatable bonds is 4. The number of thioether (sulfide) groups is 2. The highest BCUT2D eigenvalue weighted by Crippen LogP contribution is 2.33. The van der Waals surface area contributed by atoms with Crippen molar-refractivity contribution < 1.29 is 19.4 Å². The van der Waals surface area contributed by atoms with Crippen molar-refractivity contribution in [2.45, 2.75) is 58.1 Å². The fourth-order valence-corrected chi connectivity index (χ4v) is 3.44. The van der Waals surface area contributed by atoms with Crippen LogP contribution in [0.2, 0.25) is 0 Å². The van der Waals surface area contributed by atoms with Crippen LogP contribution < -0.4 is 0 Å². The lowest BCUT2D eigenvalue weighted by molar-refractivity contribution is -0.0660. The molecule has 1 fully saturated rings. The Balaban J connectivity index is 2.98. The van der Waals surface area contributed by atoms with Crippen molar-refractivity contribution in [1.29, 1.82) is 0 Å². The molecule has 1 aliphatic rings. The van der Waals surface area contributed by atoms with Crippen molar-refractivity contribution in [3.8, 4) is 0 Å². The molecule has 0 bridgehead atoms. The van der Waals surface area contributed by atoms with Gasteiger partial charge in [-0.2, -0.15) is 0 Å². The summed E-state index contributed by atoms with van der Waals surface area (Å²) in [6.07, 6.45) is 4.40. The Labute approximate surface area is 141 Å². The molecule has 1 rings (SSSR count). The second-order valence-electron chi connectivity index (χ2n) is 6.56. The maximum absolute atomic E-state index is 12.5. The van der Waals surface area contributed by atoms with Crippen LogP contribution in [-0.2, 0) is 9.47 Å². The summed E-state index contributed by atoms with van der Waals surface area (Å²) in [5.74, 6) is 0. The molecular formula is C15H27NO4S2. The number of aliphatic hydroxyl groups is 1. The van der Waals surface area contributed by atoms with E-state index in [4.69, 9.17) is 9.47 Å². The van der Waals surface area contributed by atoms with Gasteiger partial charge in [-0.15, -0.1) is 23.5 Å². The molecule has 0 radical (unpaired) electrons. The fraction of sp³-hybridized carbons (Fsp3) is 0.800. The standard InChI is InChI=1S/C15H27NO4S2/c1-14(2,3)20-13(18)16-10(9-19-15(16,4)5)11(17)8-12(21-6)22-7/h8,10-11,17H,9H2,1-7H3/t10-,11+/m0/s1. The van der Waals surface area contributed by atoms with Gasteiger partial charge >= 0.3 is 6.09 Å². The van der Waals surface area contributed by atoms with Crippen LogP contribution >= 0.6 is 23.5 Å². The van der Waals surface area contributed by atoms with Crippen molar-refractivity contribution in [2.24, 2.45) is 0 Å². The third-order valence-corrected chi connectivity index (χ3v) is 5.29. The lowest BCUT2D eigenvalue weighted by Crippen LogP contribution is -2.53. The van der Waals surface area contributed by atoms with E-state index in [0.717, 1.165) is 4.24 Å². The van der Waals surface area contributed by atoms with Gasteiger partial charge in [0.15, 0.2) is 0 Å². The molecule has 7 heteroatoms. The van der Waals surface area contributed by atoms with Crippen LogP contribution in [0.3, 0.4) is 0 Å². The molecule has 1 amide bonds. The van der Waals surface area contributed by atoms with E-state index in [1.54, 1.807) is 43.4 Å². The van der Waals surface area contributed by atoms with E-state index in [0.29, 0.717) is 0 Å². The number of carbonyl (C=O) groups is 1. The van der Waals surface area contributed by atoms with Crippen LogP contribution in [0, 0.1) is 0 Å². The van der Waals surface area contributed by atoms with Crippen LogP contribution in [-0.4, -0.2) is 58.7 Å². The van der Waals surface area contributed by atoms with Crippen LogP contribution in [0.15, 0.2) is 10.3 Å². The number of nitrogens with zero attached hydrogens (tertiary/aromatic N) is 1. The molecule has 128 valence electrons. The Morgan fingerprint density at radius 3 is 2.41 bits per heavy atom. The molecule has 22 heavy (non-hydrogen) atoms. The summed E-state index contributed by atoms with van der Waals surface area (Å²) in [7, 11) is 0. The van der Waals surface area contributed by atoms with Gasteiger partial charge in [0.2, 0.25) is 0 Å². The largest absolute Gasteiger partial charge is 0.444 e. The summed E-state index contributed by atoms with van der Waals surface area (Å²) >= 11 is 3.13. The minimum atomic E-state index is -0.805. The zero-order valence-corrected chi connectivity index (χ0v) is 16.0. The third kappa shape index (κ3) is 5.08. The highest BCUT2D eigenvalue weighted by molar-refractivity contribution is 8.21. The molecule has 1 aliphatic heterocycles. The number of carbonyl (C=O) groups excluding carboxylic acids is 1. The lowest BCUT2D eigenvalue weighted by atomic mass is 10.1. The van der Waals surface area contributed by atoms with Gasteiger partial charge in [0.25, 0.3) is 0 Å². The van der Waals surface area contributed by atoms with Crippen molar-refractivity contribution in [3.05, 3.63) is 10.3 Å². The number of hydrogen-bond donors (Lipinski definition) is 1. The molecule has 0 spiro atoms. The molecule has 1 N–H and O–H groups in total. The summed E-state index contributed by atoms with van der Waals surface area (Å²) < 4.78 is 12.2. The summed E-state index contributed by atoms with van der Waals surface area (Å²) in [6.45, 7) is 9.34. The van der Waals surface area contributed by atoms with E-state index < -0.39 is 29.6 Å². The van der Waals surface area contributed by atoms with Gasteiger partial charge in [-0.1, -0.05) is 0 Å². The van der Waals surface area contributed by atoms with Gasteiger partial charge in [0.05, 0.1) is 18.8 Å². The molecule has 0 unspecified atom stereocenters. The first-order valence-electron chi connectivity index (χ1n) is 7.16. The zero-order valence-electron chi connectivity index (χ0n) is 14.4. The predicted octanol–water partition coefficient (Wildman–Crippen LogP) is 3.29. The van der Waals surface area contributed by atoms with Gasteiger partial charge in [-0.05, 0) is 53.2 Å². The minimum absolute atomic E-state index is 0.278. The van der Waals surface area contributed by atoms with Crippen LogP contribution in [0.4, 0.5) is 4.79 Å². The van der Waals surface area contributed by atoms with Gasteiger partial charge in [0.1, 0.15) is 11.3 Å². The highest BCUT2D eigenvalue weighted by Gasteiger charge is 2.48. The Morgan fingerprint density at radius 1 is 1.41 bits per heavy atom. The van der Waals surface area contributed by atoms with E-state index in [1.165, 1.54) is 4.90 Å². The summed E-state index contributed by atoms with van der Waals surface area (Å²) in [5, 5.41) is 10.5. The van der Waals surface area contributed by atoms with Gasteiger partial charge < -0.3 is 14.6 Å². The van der Waals surface area contributed by atoms with Gasteiger partial charge in [0, 0.05) is 4.24 Å². The highest BCUT2D eigenvalue weighted by atomic mass is 32.2. The SMILES string of the molecule is CSC(=C[C@@H](O)[C@@H]1COC(C)(C)N1C(=O)OC(C)(C)C)SC. The zero-order chi connectivity index (χ0) is 17.1. The monoisotopic (exact) mass is 349 g/mol. The van der Waals surface area contributed by atoms with Crippen LogP contribution in [0.1, 0.15) is 34.6 Å². The summed E-state index contributed by atoms with van der Waals surface area (Å²) in [6, 6.07) is -0.459. The van der Waals surface area contributed by atoms with Crippen molar-refractivity contribution in [1.82, 2.24) is 4.90 Å². The van der Waals surface area contributed by atoms with Crippen LogP contribution in [0.5, 0.6) is 0 Å². The first kappa shape index (κ1) is 19.7. The second-order valence-corrected chi connectivity index (χ2v) is 8.51. The summed E-state index contributed by atoms with van der Waals surface area (Å²) in [5.41, 5.74) is -1.40. The number of ether oxygens (including phenoxy) is 2. The van der Waals surface area contributed by atoms with Crippen molar-refractivity contribution in [3.63, 3.8) is 0 Å². The molecule has 2 atom stereocenters. The molecule has 0 aromatic rings. The topological polar surface area (TPSA) is 59.0 Å².